The van der Waals surface area contributed by atoms with Gasteiger partial charge in [0, 0.05) is 25.8 Å². The van der Waals surface area contributed by atoms with Crippen LogP contribution in [0.25, 0.3) is 10.9 Å². The van der Waals surface area contributed by atoms with Gasteiger partial charge in [-0.15, -0.1) is 0 Å². The fourth-order valence-electron chi connectivity index (χ4n) is 1.79. The lowest BCUT2D eigenvalue weighted by molar-refractivity contribution is 1.34. The Labute approximate surface area is 118 Å². The molecule has 0 fully saturated rings. The highest BCUT2D eigenvalue weighted by atomic mass is 79.9. The Morgan fingerprint density at radius 2 is 1.67 bits per heavy atom. The van der Waals surface area contributed by atoms with Gasteiger partial charge in [0.15, 0.2) is 0 Å². The smallest absolute Gasteiger partial charge is 0.0841 e. The largest absolute Gasteiger partial charge is 0.255 e. The van der Waals surface area contributed by atoms with Gasteiger partial charge in [-0.2, -0.15) is 0 Å². The standard InChI is InChI=1S/C15H10BrNS/c16-12-6-8-13(9-7-12)18-14-5-1-3-11-4-2-10-17-15(11)14/h1-10H. The molecule has 0 spiro atoms. The van der Waals surface area contributed by atoms with Gasteiger partial charge < -0.3 is 0 Å². The second kappa shape index (κ2) is 5.12. The summed E-state index contributed by atoms with van der Waals surface area (Å²) in [5.74, 6) is 0. The zero-order valence-electron chi connectivity index (χ0n) is 9.51. The molecule has 0 unspecified atom stereocenters. The summed E-state index contributed by atoms with van der Waals surface area (Å²) in [6.07, 6.45) is 1.84. The van der Waals surface area contributed by atoms with Gasteiger partial charge in [0.1, 0.15) is 0 Å². The molecule has 1 nitrogen and oxygen atoms in total. The molecule has 0 bridgehead atoms. The molecule has 0 atom stereocenters. The first-order valence-electron chi connectivity index (χ1n) is 5.60. The lowest BCUT2D eigenvalue weighted by Gasteiger charge is -2.05. The molecule has 0 N–H and O–H groups in total. The van der Waals surface area contributed by atoms with Gasteiger partial charge in [0.25, 0.3) is 0 Å². The summed E-state index contributed by atoms with van der Waals surface area (Å²) in [6.45, 7) is 0. The van der Waals surface area contributed by atoms with Crippen LogP contribution in [0.4, 0.5) is 0 Å². The van der Waals surface area contributed by atoms with E-state index in [1.807, 2.05) is 12.3 Å². The summed E-state index contributed by atoms with van der Waals surface area (Å²) in [7, 11) is 0. The number of nitrogens with zero attached hydrogens (tertiary/aromatic N) is 1. The summed E-state index contributed by atoms with van der Waals surface area (Å²) in [4.78, 5) is 6.87. The van der Waals surface area contributed by atoms with Crippen molar-refractivity contribution >= 4 is 38.6 Å². The Morgan fingerprint density at radius 3 is 2.50 bits per heavy atom. The fourth-order valence-corrected chi connectivity index (χ4v) is 2.99. The van der Waals surface area contributed by atoms with Crippen molar-refractivity contribution in [3.63, 3.8) is 0 Å². The van der Waals surface area contributed by atoms with E-state index < -0.39 is 0 Å². The normalized spacial score (nSPS) is 10.7. The number of para-hydroxylation sites is 1. The number of aromatic nitrogens is 1. The molecule has 2 aromatic carbocycles. The van der Waals surface area contributed by atoms with E-state index in [0.29, 0.717) is 0 Å². The summed E-state index contributed by atoms with van der Waals surface area (Å²) in [5.41, 5.74) is 1.06. The van der Waals surface area contributed by atoms with Crippen molar-refractivity contribution in [1.82, 2.24) is 4.98 Å². The molecule has 0 aliphatic heterocycles. The van der Waals surface area contributed by atoms with Crippen molar-refractivity contribution in [1.29, 1.82) is 0 Å². The van der Waals surface area contributed by atoms with Crippen LogP contribution in [0.5, 0.6) is 0 Å². The Morgan fingerprint density at radius 1 is 0.889 bits per heavy atom. The van der Waals surface area contributed by atoms with Gasteiger partial charge in [-0.3, -0.25) is 4.98 Å². The maximum absolute atomic E-state index is 4.46. The average molecular weight is 316 g/mol. The minimum atomic E-state index is 1.06. The highest BCUT2D eigenvalue weighted by Gasteiger charge is 2.03. The van der Waals surface area contributed by atoms with Crippen LogP contribution in [0.1, 0.15) is 0 Å². The van der Waals surface area contributed by atoms with Crippen LogP contribution < -0.4 is 0 Å². The van der Waals surface area contributed by atoms with Gasteiger partial charge in [-0.05, 0) is 36.4 Å². The SMILES string of the molecule is Brc1ccc(Sc2cccc3cccnc23)cc1. The van der Waals surface area contributed by atoms with E-state index in [1.54, 1.807) is 11.8 Å². The third-order valence-corrected chi connectivity index (χ3v) is 4.22. The van der Waals surface area contributed by atoms with Crippen molar-refractivity contribution in [2.75, 3.05) is 0 Å². The first kappa shape index (κ1) is 11.8. The topological polar surface area (TPSA) is 12.9 Å². The fraction of sp³-hybridized carbons (Fsp3) is 0. The summed E-state index contributed by atoms with van der Waals surface area (Å²) < 4.78 is 1.10. The van der Waals surface area contributed by atoms with Crippen LogP contribution in [-0.4, -0.2) is 4.98 Å². The Bertz CT molecular complexity index is 674. The highest BCUT2D eigenvalue weighted by molar-refractivity contribution is 9.10. The molecule has 0 saturated heterocycles. The Kier molecular flexibility index (Phi) is 3.35. The molecular formula is C15H10BrNS. The first-order valence-corrected chi connectivity index (χ1v) is 7.21. The third kappa shape index (κ3) is 2.42. The lowest BCUT2D eigenvalue weighted by atomic mass is 10.2. The number of benzene rings is 2. The van der Waals surface area contributed by atoms with E-state index in [1.165, 1.54) is 15.2 Å². The number of hydrogen-bond donors (Lipinski definition) is 0. The minimum absolute atomic E-state index is 1.06. The number of hydrogen-bond acceptors (Lipinski definition) is 2. The predicted molar refractivity (Wildman–Crippen MR) is 80.0 cm³/mol. The maximum Gasteiger partial charge on any atom is 0.0841 e. The predicted octanol–water partition coefficient (Wildman–Crippen LogP) is 5.15. The van der Waals surface area contributed by atoms with E-state index in [0.717, 1.165) is 9.99 Å². The minimum Gasteiger partial charge on any atom is -0.255 e. The number of rotatable bonds is 2. The van der Waals surface area contributed by atoms with Gasteiger partial charge in [-0.25, -0.2) is 0 Å². The van der Waals surface area contributed by atoms with Gasteiger partial charge in [0.05, 0.1) is 5.52 Å². The van der Waals surface area contributed by atoms with Crippen LogP contribution in [0.15, 0.2) is 75.1 Å². The molecule has 3 heteroatoms. The second-order valence-corrected chi connectivity index (χ2v) is 5.92. The lowest BCUT2D eigenvalue weighted by Crippen LogP contribution is -1.81. The van der Waals surface area contributed by atoms with Crippen LogP contribution in [0, 0.1) is 0 Å². The van der Waals surface area contributed by atoms with E-state index in [2.05, 4.69) is 69.4 Å². The molecule has 0 amide bonds. The van der Waals surface area contributed by atoms with Crippen molar-refractivity contribution in [3.8, 4) is 0 Å². The van der Waals surface area contributed by atoms with Gasteiger partial charge in [-0.1, -0.05) is 45.9 Å². The molecule has 88 valence electrons. The zero-order valence-corrected chi connectivity index (χ0v) is 11.9. The molecule has 0 aliphatic rings. The molecule has 18 heavy (non-hydrogen) atoms. The third-order valence-electron chi connectivity index (χ3n) is 2.64. The molecule has 3 rings (SSSR count). The maximum atomic E-state index is 4.46. The second-order valence-electron chi connectivity index (χ2n) is 3.89. The molecule has 1 heterocycles. The van der Waals surface area contributed by atoms with Crippen LogP contribution >= 0.6 is 27.7 Å². The first-order chi connectivity index (χ1) is 8.83. The van der Waals surface area contributed by atoms with Crippen molar-refractivity contribution in [2.24, 2.45) is 0 Å². The van der Waals surface area contributed by atoms with Crippen molar-refractivity contribution < 1.29 is 0 Å². The Balaban J connectivity index is 2.02. The molecule has 1 aromatic heterocycles. The number of fused-ring (bicyclic) bond motifs is 1. The monoisotopic (exact) mass is 315 g/mol. The highest BCUT2D eigenvalue weighted by Crippen LogP contribution is 2.32. The summed E-state index contributed by atoms with van der Waals surface area (Å²) in [5, 5.41) is 1.18. The molecule has 0 saturated carbocycles. The molecule has 0 radical (unpaired) electrons. The summed E-state index contributed by atoms with van der Waals surface area (Å²) in [6, 6.07) is 18.7. The van der Waals surface area contributed by atoms with Crippen LogP contribution in [0.3, 0.4) is 0 Å². The van der Waals surface area contributed by atoms with E-state index >= 15 is 0 Å². The number of pyridine rings is 1. The van der Waals surface area contributed by atoms with Gasteiger partial charge >= 0.3 is 0 Å². The van der Waals surface area contributed by atoms with E-state index in [-0.39, 0.29) is 0 Å². The zero-order chi connectivity index (χ0) is 12.4. The average Bonchev–Trinajstić information content (AvgIpc) is 2.42. The van der Waals surface area contributed by atoms with E-state index in [9.17, 15) is 0 Å². The quantitative estimate of drug-likeness (QED) is 0.648. The van der Waals surface area contributed by atoms with Gasteiger partial charge in [0.2, 0.25) is 0 Å². The molecule has 3 aromatic rings. The molecular weight excluding hydrogens is 306 g/mol. The molecule has 0 aliphatic carbocycles. The number of halogens is 1. The van der Waals surface area contributed by atoms with Crippen molar-refractivity contribution in [2.45, 2.75) is 9.79 Å². The Hall–Kier alpha value is -1.32. The summed E-state index contributed by atoms with van der Waals surface area (Å²) >= 11 is 5.19. The van der Waals surface area contributed by atoms with E-state index in [4.69, 9.17) is 0 Å². The van der Waals surface area contributed by atoms with Crippen LogP contribution in [-0.2, 0) is 0 Å². The van der Waals surface area contributed by atoms with Crippen molar-refractivity contribution in [3.05, 3.63) is 65.3 Å². The van der Waals surface area contributed by atoms with Crippen LogP contribution in [0.2, 0.25) is 0 Å².